The summed E-state index contributed by atoms with van der Waals surface area (Å²) in [5, 5.41) is 3.04. The predicted octanol–water partition coefficient (Wildman–Crippen LogP) is 0.446. The number of rotatable bonds is 7. The summed E-state index contributed by atoms with van der Waals surface area (Å²) in [6, 6.07) is 2.99. The smallest absolute Gasteiger partial charge is 0.243 e. The first-order valence-electron chi connectivity index (χ1n) is 6.23. The molecule has 1 rings (SSSR count). The zero-order valence-corrected chi connectivity index (χ0v) is 12.6. The van der Waals surface area contributed by atoms with Crippen molar-refractivity contribution in [1.82, 2.24) is 9.71 Å². The van der Waals surface area contributed by atoms with E-state index in [1.54, 1.807) is 6.07 Å². The number of nitrogens with two attached hydrogens (primary N) is 1. The molecule has 0 bridgehead atoms. The fourth-order valence-corrected chi connectivity index (χ4v) is 2.67. The average molecular weight is 300 g/mol. The highest BCUT2D eigenvalue weighted by molar-refractivity contribution is 7.89. The van der Waals surface area contributed by atoms with Crippen molar-refractivity contribution in [2.75, 3.05) is 11.9 Å². The van der Waals surface area contributed by atoms with E-state index in [-0.39, 0.29) is 4.90 Å². The molecule has 1 aromatic heterocycles. The molecule has 0 aromatic carbocycles. The number of sulfonamides is 1. The molecule has 0 spiro atoms. The number of nitrogens with zero attached hydrogens (tertiary/aromatic N) is 1. The third-order valence-corrected chi connectivity index (χ3v) is 4.25. The minimum Gasteiger partial charge on any atom is -0.370 e. The van der Waals surface area contributed by atoms with Crippen molar-refractivity contribution < 1.29 is 13.2 Å². The maximum absolute atomic E-state index is 12.1. The van der Waals surface area contributed by atoms with Crippen LogP contribution in [0.3, 0.4) is 0 Å². The molecule has 0 unspecified atom stereocenters. The Morgan fingerprint density at radius 2 is 2.05 bits per heavy atom. The summed E-state index contributed by atoms with van der Waals surface area (Å²) in [5.74, 6) is -0.157. The molecule has 1 amide bonds. The molecule has 0 saturated carbocycles. The third-order valence-electron chi connectivity index (χ3n) is 2.61. The van der Waals surface area contributed by atoms with Gasteiger partial charge in [-0.15, -0.1) is 0 Å². The zero-order valence-electron chi connectivity index (χ0n) is 11.8. The van der Waals surface area contributed by atoms with E-state index in [0.29, 0.717) is 5.82 Å². The Balaban J connectivity index is 2.91. The number of hydrogen-bond acceptors (Lipinski definition) is 5. The number of carbonyl (C=O) groups excluding carboxylic acids is 1. The molecule has 0 aliphatic carbocycles. The Kier molecular flexibility index (Phi) is 5.07. The molecule has 4 N–H and O–H groups in total. The van der Waals surface area contributed by atoms with Gasteiger partial charge in [0.05, 0.1) is 0 Å². The molecule has 0 atom stereocenters. The molecule has 1 heterocycles. The van der Waals surface area contributed by atoms with Gasteiger partial charge in [0.1, 0.15) is 16.3 Å². The SMILES string of the molecule is CCCNc1ccc(S(=O)(=O)NC(C)(C)C(N)=O)cn1. The van der Waals surface area contributed by atoms with Crippen LogP contribution in [0.5, 0.6) is 0 Å². The van der Waals surface area contributed by atoms with Crippen molar-refractivity contribution in [3.63, 3.8) is 0 Å². The van der Waals surface area contributed by atoms with E-state index in [0.717, 1.165) is 13.0 Å². The number of aromatic nitrogens is 1. The third kappa shape index (κ3) is 4.17. The number of primary amides is 1. The van der Waals surface area contributed by atoms with Crippen LogP contribution < -0.4 is 15.8 Å². The lowest BCUT2D eigenvalue weighted by atomic mass is 10.1. The van der Waals surface area contributed by atoms with Crippen LogP contribution in [-0.2, 0) is 14.8 Å². The number of pyridine rings is 1. The molecule has 20 heavy (non-hydrogen) atoms. The van der Waals surface area contributed by atoms with Crippen LogP contribution in [-0.4, -0.2) is 31.4 Å². The van der Waals surface area contributed by atoms with Gasteiger partial charge in [0.25, 0.3) is 0 Å². The summed E-state index contributed by atoms with van der Waals surface area (Å²) in [7, 11) is -3.84. The molecular weight excluding hydrogens is 280 g/mol. The second-order valence-electron chi connectivity index (χ2n) is 4.90. The van der Waals surface area contributed by atoms with E-state index in [2.05, 4.69) is 15.0 Å². The summed E-state index contributed by atoms with van der Waals surface area (Å²) in [6.07, 6.45) is 2.17. The Labute approximate surface area is 119 Å². The van der Waals surface area contributed by atoms with Crippen molar-refractivity contribution in [3.05, 3.63) is 18.3 Å². The number of anilines is 1. The molecule has 0 radical (unpaired) electrons. The molecular formula is C12H20N4O3S. The number of nitrogens with one attached hydrogen (secondary N) is 2. The largest absolute Gasteiger partial charge is 0.370 e. The molecule has 8 heteroatoms. The van der Waals surface area contributed by atoms with Gasteiger partial charge in [-0.1, -0.05) is 6.92 Å². The Morgan fingerprint density at radius 1 is 1.40 bits per heavy atom. The van der Waals surface area contributed by atoms with Crippen molar-refractivity contribution in [2.24, 2.45) is 5.73 Å². The normalized spacial score (nSPS) is 12.2. The molecule has 0 aliphatic rings. The van der Waals surface area contributed by atoms with Gasteiger partial charge >= 0.3 is 0 Å². The fourth-order valence-electron chi connectivity index (χ4n) is 1.34. The Hall–Kier alpha value is -1.67. The zero-order chi connectivity index (χ0) is 15.4. The van der Waals surface area contributed by atoms with Gasteiger partial charge in [-0.05, 0) is 32.4 Å². The summed E-state index contributed by atoms with van der Waals surface area (Å²) < 4.78 is 26.4. The Bertz CT molecular complexity index is 567. The Morgan fingerprint density at radius 3 is 2.50 bits per heavy atom. The van der Waals surface area contributed by atoms with Gasteiger partial charge < -0.3 is 11.1 Å². The van der Waals surface area contributed by atoms with Gasteiger partial charge in [-0.3, -0.25) is 4.79 Å². The lowest BCUT2D eigenvalue weighted by Gasteiger charge is -2.21. The van der Waals surface area contributed by atoms with E-state index in [9.17, 15) is 13.2 Å². The second kappa shape index (κ2) is 6.19. The van der Waals surface area contributed by atoms with Crippen LogP contribution in [0.1, 0.15) is 27.2 Å². The van der Waals surface area contributed by atoms with Crippen molar-refractivity contribution >= 4 is 21.7 Å². The van der Waals surface area contributed by atoms with Crippen molar-refractivity contribution in [2.45, 2.75) is 37.6 Å². The van der Waals surface area contributed by atoms with E-state index in [1.807, 2.05) is 6.92 Å². The molecule has 112 valence electrons. The van der Waals surface area contributed by atoms with E-state index < -0.39 is 21.5 Å². The van der Waals surface area contributed by atoms with Crippen LogP contribution >= 0.6 is 0 Å². The molecule has 7 nitrogen and oxygen atoms in total. The highest BCUT2D eigenvalue weighted by Gasteiger charge is 2.31. The van der Waals surface area contributed by atoms with Crippen LogP contribution in [0.25, 0.3) is 0 Å². The number of amides is 1. The molecule has 0 saturated heterocycles. The maximum atomic E-state index is 12.1. The minimum atomic E-state index is -3.84. The van der Waals surface area contributed by atoms with Crippen LogP contribution in [0, 0.1) is 0 Å². The quantitative estimate of drug-likeness (QED) is 0.676. The second-order valence-corrected chi connectivity index (χ2v) is 6.58. The monoisotopic (exact) mass is 300 g/mol. The topological polar surface area (TPSA) is 114 Å². The first kappa shape index (κ1) is 16.4. The van der Waals surface area contributed by atoms with E-state index >= 15 is 0 Å². The van der Waals surface area contributed by atoms with E-state index in [1.165, 1.54) is 26.1 Å². The highest BCUT2D eigenvalue weighted by Crippen LogP contribution is 2.14. The van der Waals surface area contributed by atoms with Crippen LogP contribution in [0.2, 0.25) is 0 Å². The number of carbonyl (C=O) groups is 1. The van der Waals surface area contributed by atoms with Gasteiger partial charge in [-0.2, -0.15) is 4.72 Å². The lowest BCUT2D eigenvalue weighted by Crippen LogP contribution is -2.52. The van der Waals surface area contributed by atoms with Crippen LogP contribution in [0.4, 0.5) is 5.82 Å². The van der Waals surface area contributed by atoms with E-state index in [4.69, 9.17) is 5.73 Å². The summed E-state index contributed by atoms with van der Waals surface area (Å²) in [4.78, 5) is 15.2. The first-order valence-corrected chi connectivity index (χ1v) is 7.71. The average Bonchev–Trinajstić information content (AvgIpc) is 2.35. The first-order chi connectivity index (χ1) is 9.19. The minimum absolute atomic E-state index is 0.0196. The summed E-state index contributed by atoms with van der Waals surface area (Å²) in [6.45, 7) is 5.57. The summed E-state index contributed by atoms with van der Waals surface area (Å²) >= 11 is 0. The van der Waals surface area contributed by atoms with Crippen molar-refractivity contribution in [3.8, 4) is 0 Å². The van der Waals surface area contributed by atoms with Crippen LogP contribution in [0.15, 0.2) is 23.2 Å². The highest BCUT2D eigenvalue weighted by atomic mass is 32.2. The van der Waals surface area contributed by atoms with Gasteiger partial charge in [0.2, 0.25) is 15.9 Å². The number of hydrogen-bond donors (Lipinski definition) is 3. The van der Waals surface area contributed by atoms with Gasteiger partial charge in [-0.25, -0.2) is 13.4 Å². The van der Waals surface area contributed by atoms with Gasteiger partial charge in [0, 0.05) is 12.7 Å². The predicted molar refractivity (Wildman–Crippen MR) is 76.6 cm³/mol. The summed E-state index contributed by atoms with van der Waals surface area (Å²) in [5.41, 5.74) is 3.78. The molecule has 1 aromatic rings. The van der Waals surface area contributed by atoms with Gasteiger partial charge in [0.15, 0.2) is 0 Å². The standard InChI is InChI=1S/C12H20N4O3S/c1-4-7-14-10-6-5-9(8-15-10)20(18,19)16-12(2,3)11(13)17/h5-6,8,16H,4,7H2,1-3H3,(H2,13,17)(H,14,15). The van der Waals surface area contributed by atoms with Crippen molar-refractivity contribution in [1.29, 1.82) is 0 Å². The molecule has 0 fully saturated rings. The lowest BCUT2D eigenvalue weighted by molar-refractivity contribution is -0.122. The maximum Gasteiger partial charge on any atom is 0.243 e. The fraction of sp³-hybridized carbons (Fsp3) is 0.500. The molecule has 0 aliphatic heterocycles.